The maximum absolute atomic E-state index is 13.2. The van der Waals surface area contributed by atoms with Crippen molar-refractivity contribution in [2.45, 2.75) is 25.6 Å². The summed E-state index contributed by atoms with van der Waals surface area (Å²) in [6.07, 6.45) is -0.263. The van der Waals surface area contributed by atoms with Crippen LogP contribution in [0.5, 0.6) is 5.75 Å². The van der Waals surface area contributed by atoms with Gasteiger partial charge in [-0.05, 0) is 67.4 Å². The van der Waals surface area contributed by atoms with Gasteiger partial charge in [-0.3, -0.25) is 14.3 Å². The summed E-state index contributed by atoms with van der Waals surface area (Å²) < 4.78 is 43.1. The molecule has 1 saturated heterocycles. The van der Waals surface area contributed by atoms with Gasteiger partial charge in [0.15, 0.2) is 0 Å². The van der Waals surface area contributed by atoms with Gasteiger partial charge in [0.1, 0.15) is 11.6 Å². The molecule has 0 N–H and O–H groups in total. The summed E-state index contributed by atoms with van der Waals surface area (Å²) in [7, 11) is 0. The van der Waals surface area contributed by atoms with Gasteiger partial charge in [-0.1, -0.05) is 6.07 Å². The van der Waals surface area contributed by atoms with E-state index in [0.717, 1.165) is 17.5 Å². The molecule has 1 aliphatic heterocycles. The van der Waals surface area contributed by atoms with Gasteiger partial charge in [0, 0.05) is 42.7 Å². The molecule has 0 bridgehead atoms. The number of carbonyl (C=O) groups excluding carboxylic acids is 1. The van der Waals surface area contributed by atoms with Crippen LogP contribution in [-0.4, -0.2) is 44.8 Å². The highest BCUT2D eigenvalue weighted by Crippen LogP contribution is 2.29. The second-order valence-electron chi connectivity index (χ2n) is 8.26. The van der Waals surface area contributed by atoms with Crippen LogP contribution in [0.3, 0.4) is 0 Å². The third kappa shape index (κ3) is 4.33. The van der Waals surface area contributed by atoms with Crippen LogP contribution in [0.4, 0.5) is 13.2 Å². The average molecular weight is 466 g/mol. The van der Waals surface area contributed by atoms with E-state index in [1.54, 1.807) is 25.3 Å². The van der Waals surface area contributed by atoms with Gasteiger partial charge in [-0.15, -0.1) is 13.2 Å². The Hall–Kier alpha value is -3.88. The van der Waals surface area contributed by atoms with E-state index in [9.17, 15) is 18.0 Å². The molecular weight excluding hydrogens is 445 g/mol. The van der Waals surface area contributed by atoms with Gasteiger partial charge in [0.05, 0.1) is 11.0 Å². The van der Waals surface area contributed by atoms with E-state index in [1.807, 2.05) is 33.9 Å². The topological polar surface area (TPSA) is 60.2 Å². The van der Waals surface area contributed by atoms with E-state index in [0.29, 0.717) is 35.7 Å². The van der Waals surface area contributed by atoms with E-state index < -0.39 is 6.36 Å². The molecule has 1 aliphatic rings. The molecule has 34 heavy (non-hydrogen) atoms. The van der Waals surface area contributed by atoms with Crippen molar-refractivity contribution in [3.8, 4) is 11.4 Å². The summed E-state index contributed by atoms with van der Waals surface area (Å²) >= 11 is 0. The Morgan fingerprint density at radius 3 is 2.62 bits per heavy atom. The van der Waals surface area contributed by atoms with Gasteiger partial charge >= 0.3 is 6.36 Å². The highest BCUT2D eigenvalue weighted by atomic mass is 19.4. The van der Waals surface area contributed by atoms with E-state index in [2.05, 4.69) is 14.7 Å². The lowest BCUT2D eigenvalue weighted by atomic mass is 10.0. The number of halogens is 3. The fourth-order valence-corrected chi connectivity index (χ4v) is 4.47. The van der Waals surface area contributed by atoms with Gasteiger partial charge in [-0.2, -0.15) is 0 Å². The predicted octanol–water partition coefficient (Wildman–Crippen LogP) is 5.26. The number of hydrogen-bond donors (Lipinski definition) is 0. The predicted molar refractivity (Wildman–Crippen MR) is 120 cm³/mol. The molecule has 2 aromatic heterocycles. The maximum atomic E-state index is 13.2. The Kier molecular flexibility index (Phi) is 5.47. The van der Waals surface area contributed by atoms with E-state index in [4.69, 9.17) is 0 Å². The molecule has 1 fully saturated rings. The van der Waals surface area contributed by atoms with Crippen LogP contribution in [0.1, 0.15) is 34.1 Å². The molecule has 2 aromatic carbocycles. The molecule has 3 heterocycles. The van der Waals surface area contributed by atoms with E-state index in [1.165, 1.54) is 24.3 Å². The summed E-state index contributed by atoms with van der Waals surface area (Å²) in [5.74, 6) is 0.588. The molecule has 1 atom stereocenters. The van der Waals surface area contributed by atoms with Crippen molar-refractivity contribution in [3.05, 3.63) is 83.9 Å². The lowest BCUT2D eigenvalue weighted by molar-refractivity contribution is -0.274. The molecule has 1 amide bonds. The minimum Gasteiger partial charge on any atom is -0.406 e. The quantitative estimate of drug-likeness (QED) is 0.412. The van der Waals surface area contributed by atoms with Crippen LogP contribution in [0.15, 0.2) is 67.0 Å². The first-order valence-corrected chi connectivity index (χ1v) is 10.8. The number of aromatic nitrogens is 3. The summed E-state index contributed by atoms with van der Waals surface area (Å²) in [4.78, 5) is 23.8. The number of carbonyl (C=O) groups is 1. The standard InChI is InChI=1S/C25H21F3N4O2/c1-16-30-22-13-17(24(33)31-12-10-19(15-31)18-3-2-11-29-14-18)4-9-23(22)32(16)20-5-7-21(8-6-20)34-25(26,27)28/h2-9,11,13-14,19H,10,12,15H2,1H3. The first-order chi connectivity index (χ1) is 16.3. The molecule has 174 valence electrons. The lowest BCUT2D eigenvalue weighted by Gasteiger charge is -2.17. The molecule has 0 saturated carbocycles. The van der Waals surface area contributed by atoms with Crippen LogP contribution in [-0.2, 0) is 0 Å². The van der Waals surface area contributed by atoms with Crippen LogP contribution in [0.2, 0.25) is 0 Å². The average Bonchev–Trinajstić information content (AvgIpc) is 3.43. The maximum Gasteiger partial charge on any atom is 0.573 e. The molecule has 9 heteroatoms. The largest absolute Gasteiger partial charge is 0.573 e. The number of fused-ring (bicyclic) bond motifs is 1. The van der Waals surface area contributed by atoms with Crippen molar-refractivity contribution < 1.29 is 22.7 Å². The third-order valence-corrected chi connectivity index (χ3v) is 6.03. The second-order valence-corrected chi connectivity index (χ2v) is 8.26. The summed E-state index contributed by atoms with van der Waals surface area (Å²) in [6.45, 7) is 3.12. The zero-order chi connectivity index (χ0) is 23.9. The number of alkyl halides is 3. The van der Waals surface area contributed by atoms with E-state index >= 15 is 0 Å². The number of aryl methyl sites for hydroxylation is 1. The van der Waals surface area contributed by atoms with Gasteiger partial charge in [-0.25, -0.2) is 4.98 Å². The fraction of sp³-hybridized carbons (Fsp3) is 0.240. The van der Waals surface area contributed by atoms with E-state index in [-0.39, 0.29) is 17.6 Å². The number of rotatable bonds is 4. The number of benzene rings is 2. The normalized spacial score (nSPS) is 16.2. The first kappa shape index (κ1) is 21.9. The number of nitrogens with zero attached hydrogens (tertiary/aromatic N) is 4. The fourth-order valence-electron chi connectivity index (χ4n) is 4.47. The number of ether oxygens (including phenoxy) is 1. The van der Waals surface area contributed by atoms with Gasteiger partial charge in [0.25, 0.3) is 5.91 Å². The molecule has 6 nitrogen and oxygen atoms in total. The molecule has 4 aromatic rings. The van der Waals surface area contributed by atoms with Crippen LogP contribution >= 0.6 is 0 Å². The summed E-state index contributed by atoms with van der Waals surface area (Å²) in [5.41, 5.74) is 3.73. The molecule has 0 aliphatic carbocycles. The van der Waals surface area contributed by atoms with Crippen molar-refractivity contribution in [1.82, 2.24) is 19.4 Å². The van der Waals surface area contributed by atoms with Crippen molar-refractivity contribution in [2.24, 2.45) is 0 Å². The monoisotopic (exact) mass is 466 g/mol. The zero-order valence-corrected chi connectivity index (χ0v) is 18.3. The molecule has 5 rings (SSSR count). The Morgan fingerprint density at radius 2 is 1.91 bits per heavy atom. The Bertz CT molecular complexity index is 1330. The number of imidazole rings is 1. The molecular formula is C25H21F3N4O2. The van der Waals surface area contributed by atoms with Crippen molar-refractivity contribution in [2.75, 3.05) is 13.1 Å². The van der Waals surface area contributed by atoms with Crippen LogP contribution in [0, 0.1) is 6.92 Å². The van der Waals surface area contributed by atoms with Gasteiger partial charge in [0.2, 0.25) is 0 Å². The van der Waals surface area contributed by atoms with Crippen LogP contribution in [0.25, 0.3) is 16.7 Å². The van der Waals surface area contributed by atoms with Gasteiger partial charge < -0.3 is 9.64 Å². The number of likely N-dealkylation sites (tertiary alicyclic amines) is 1. The van der Waals surface area contributed by atoms with Crippen molar-refractivity contribution in [3.63, 3.8) is 0 Å². The smallest absolute Gasteiger partial charge is 0.406 e. The SMILES string of the molecule is Cc1nc2cc(C(=O)N3CCC(c4cccnc4)C3)ccc2n1-c1ccc(OC(F)(F)F)cc1. The third-order valence-electron chi connectivity index (χ3n) is 6.03. The lowest BCUT2D eigenvalue weighted by Crippen LogP contribution is -2.28. The molecule has 1 unspecified atom stereocenters. The minimum atomic E-state index is -4.74. The molecule has 0 radical (unpaired) electrons. The minimum absolute atomic E-state index is 0.0471. The zero-order valence-electron chi connectivity index (χ0n) is 18.3. The Labute approximate surface area is 193 Å². The highest BCUT2D eigenvalue weighted by Gasteiger charge is 2.31. The van der Waals surface area contributed by atoms with Crippen molar-refractivity contribution >= 4 is 16.9 Å². The first-order valence-electron chi connectivity index (χ1n) is 10.8. The molecule has 0 spiro atoms. The Morgan fingerprint density at radius 1 is 1.12 bits per heavy atom. The summed E-state index contributed by atoms with van der Waals surface area (Å²) in [5, 5.41) is 0. The van der Waals surface area contributed by atoms with Crippen LogP contribution < -0.4 is 4.74 Å². The van der Waals surface area contributed by atoms with Crippen molar-refractivity contribution in [1.29, 1.82) is 0 Å². The summed E-state index contributed by atoms with van der Waals surface area (Å²) in [6, 6.07) is 14.9. The number of hydrogen-bond acceptors (Lipinski definition) is 4. The second kappa shape index (κ2) is 8.48. The number of amides is 1. The Balaban J connectivity index is 1.37. The highest BCUT2D eigenvalue weighted by molar-refractivity contribution is 5.98. The number of pyridine rings is 1.